The van der Waals surface area contributed by atoms with E-state index in [9.17, 15) is 0 Å². The van der Waals surface area contributed by atoms with E-state index in [0.717, 1.165) is 17.7 Å². The number of aliphatic imine (C=N–C) groups is 2. The van der Waals surface area contributed by atoms with Crippen LogP contribution in [0.25, 0.3) is 0 Å². The van der Waals surface area contributed by atoms with Crippen molar-refractivity contribution in [3.05, 3.63) is 23.8 Å². The molecule has 1 aliphatic rings. The van der Waals surface area contributed by atoms with Crippen LogP contribution in [0.5, 0.6) is 5.75 Å². The highest BCUT2D eigenvalue weighted by molar-refractivity contribution is 5.93. The molecule has 6 N–H and O–H groups in total. The van der Waals surface area contributed by atoms with E-state index in [1.807, 2.05) is 25.1 Å². The minimum absolute atomic E-state index is 0.0388. The van der Waals surface area contributed by atoms with Crippen molar-refractivity contribution in [2.75, 3.05) is 0 Å². The van der Waals surface area contributed by atoms with Gasteiger partial charge < -0.3 is 21.9 Å². The number of benzene rings is 1. The quantitative estimate of drug-likeness (QED) is 0.476. The Balaban J connectivity index is 2.25. The predicted octanol–water partition coefficient (Wildman–Crippen LogP) is 0.230. The Morgan fingerprint density at radius 2 is 2.12 bits per heavy atom. The second-order valence-corrected chi connectivity index (χ2v) is 3.93. The van der Waals surface area contributed by atoms with Gasteiger partial charge in [-0.25, -0.2) is 4.99 Å². The summed E-state index contributed by atoms with van der Waals surface area (Å²) in [6.45, 7) is 2.02. The van der Waals surface area contributed by atoms with Gasteiger partial charge in [-0.05, 0) is 30.7 Å². The minimum Gasteiger partial charge on any atom is -0.490 e. The molecule has 6 nitrogen and oxygen atoms in total. The van der Waals surface area contributed by atoms with Gasteiger partial charge in [-0.2, -0.15) is 4.99 Å². The molecule has 0 bridgehead atoms. The molecule has 1 aromatic carbocycles. The van der Waals surface area contributed by atoms with E-state index in [2.05, 4.69) is 9.98 Å². The Bertz CT molecular complexity index is 491. The lowest BCUT2D eigenvalue weighted by Crippen LogP contribution is -2.26. The first-order chi connectivity index (χ1) is 8.04. The zero-order valence-electron chi connectivity index (χ0n) is 9.55. The molecule has 1 aromatic rings. The molecule has 0 aliphatic carbocycles. The lowest BCUT2D eigenvalue weighted by Gasteiger charge is -2.02. The Kier molecular flexibility index (Phi) is 2.86. The van der Waals surface area contributed by atoms with Crippen molar-refractivity contribution in [2.24, 2.45) is 27.2 Å². The third kappa shape index (κ3) is 2.66. The third-order valence-electron chi connectivity index (χ3n) is 2.37. The van der Waals surface area contributed by atoms with Crippen LogP contribution in [0.3, 0.4) is 0 Å². The zero-order valence-corrected chi connectivity index (χ0v) is 9.55. The van der Waals surface area contributed by atoms with Crippen molar-refractivity contribution in [2.45, 2.75) is 19.4 Å². The summed E-state index contributed by atoms with van der Waals surface area (Å²) in [4.78, 5) is 7.74. The van der Waals surface area contributed by atoms with Crippen LogP contribution in [0.4, 0.5) is 5.69 Å². The van der Waals surface area contributed by atoms with Gasteiger partial charge in [0.1, 0.15) is 11.9 Å². The average Bonchev–Trinajstić information content (AvgIpc) is 2.55. The molecule has 6 heteroatoms. The molecule has 0 spiro atoms. The van der Waals surface area contributed by atoms with Gasteiger partial charge in [0.25, 0.3) is 0 Å². The Morgan fingerprint density at radius 3 is 2.82 bits per heavy atom. The van der Waals surface area contributed by atoms with Crippen molar-refractivity contribution >= 4 is 17.6 Å². The molecule has 0 aromatic heterocycles. The summed E-state index contributed by atoms with van der Waals surface area (Å²) < 4.78 is 5.58. The van der Waals surface area contributed by atoms with Crippen molar-refractivity contribution in [1.82, 2.24) is 0 Å². The highest BCUT2D eigenvalue weighted by Crippen LogP contribution is 2.31. The highest BCUT2D eigenvalue weighted by atomic mass is 16.5. The average molecular weight is 233 g/mol. The van der Waals surface area contributed by atoms with Crippen LogP contribution in [0, 0.1) is 0 Å². The molecule has 90 valence electrons. The number of rotatable bonds is 1. The Morgan fingerprint density at radius 1 is 1.35 bits per heavy atom. The SMILES string of the molecule is CC1Cc2cc(N=C(N)N=C(N)N)ccc2O1. The van der Waals surface area contributed by atoms with E-state index in [1.54, 1.807) is 0 Å². The fourth-order valence-electron chi connectivity index (χ4n) is 1.77. The number of hydrogen-bond acceptors (Lipinski definition) is 2. The van der Waals surface area contributed by atoms with Crippen LogP contribution in [0.2, 0.25) is 0 Å². The van der Waals surface area contributed by atoms with Gasteiger partial charge >= 0.3 is 0 Å². The smallest absolute Gasteiger partial charge is 0.223 e. The zero-order chi connectivity index (χ0) is 12.4. The normalized spacial score (nSPS) is 18.4. The third-order valence-corrected chi connectivity index (χ3v) is 2.37. The van der Waals surface area contributed by atoms with Gasteiger partial charge in [-0.1, -0.05) is 0 Å². The topological polar surface area (TPSA) is 112 Å². The summed E-state index contributed by atoms with van der Waals surface area (Å²) in [6, 6.07) is 5.61. The van der Waals surface area contributed by atoms with Crippen molar-refractivity contribution in [3.63, 3.8) is 0 Å². The van der Waals surface area contributed by atoms with Gasteiger partial charge in [0.2, 0.25) is 5.96 Å². The summed E-state index contributed by atoms with van der Waals surface area (Å²) >= 11 is 0. The van der Waals surface area contributed by atoms with E-state index in [1.165, 1.54) is 0 Å². The molecule has 1 aliphatic heterocycles. The fourth-order valence-corrected chi connectivity index (χ4v) is 1.77. The molecule has 0 saturated carbocycles. The van der Waals surface area contributed by atoms with Gasteiger partial charge in [-0.15, -0.1) is 0 Å². The molecule has 2 rings (SSSR count). The fraction of sp³-hybridized carbons (Fsp3) is 0.273. The summed E-state index contributed by atoms with van der Waals surface area (Å²) in [5, 5.41) is 0. The Hall–Kier alpha value is -2.24. The standard InChI is InChI=1S/C11H15N5O/c1-6-4-7-5-8(2-3-9(7)17-6)15-11(14)16-10(12)13/h2-3,5-6H,4H2,1H3,(H6,12,13,14,15,16). The monoisotopic (exact) mass is 233 g/mol. The van der Waals surface area contributed by atoms with Gasteiger partial charge in [0.05, 0.1) is 5.69 Å². The molecule has 17 heavy (non-hydrogen) atoms. The van der Waals surface area contributed by atoms with Crippen LogP contribution >= 0.6 is 0 Å². The van der Waals surface area contributed by atoms with Crippen LogP contribution in [0.1, 0.15) is 12.5 Å². The molecule has 1 unspecified atom stereocenters. The Labute approximate surface area is 99.2 Å². The van der Waals surface area contributed by atoms with E-state index in [0.29, 0.717) is 5.69 Å². The number of nitrogens with zero attached hydrogens (tertiary/aromatic N) is 2. The predicted molar refractivity (Wildman–Crippen MR) is 67.3 cm³/mol. The lowest BCUT2D eigenvalue weighted by atomic mass is 10.1. The number of nitrogens with two attached hydrogens (primary N) is 3. The van der Waals surface area contributed by atoms with Crippen LogP contribution in [-0.2, 0) is 6.42 Å². The van der Waals surface area contributed by atoms with E-state index < -0.39 is 0 Å². The van der Waals surface area contributed by atoms with Crippen LogP contribution in [-0.4, -0.2) is 18.0 Å². The lowest BCUT2D eigenvalue weighted by molar-refractivity contribution is 0.254. The number of fused-ring (bicyclic) bond motifs is 1. The maximum Gasteiger partial charge on any atom is 0.223 e. The second-order valence-electron chi connectivity index (χ2n) is 3.93. The van der Waals surface area contributed by atoms with Crippen molar-refractivity contribution < 1.29 is 4.74 Å². The first kappa shape index (κ1) is 11.3. The van der Waals surface area contributed by atoms with E-state index >= 15 is 0 Å². The highest BCUT2D eigenvalue weighted by Gasteiger charge is 2.18. The number of hydrogen-bond donors (Lipinski definition) is 3. The van der Waals surface area contributed by atoms with E-state index in [4.69, 9.17) is 21.9 Å². The molecule has 0 amide bonds. The summed E-state index contributed by atoms with van der Waals surface area (Å²) in [7, 11) is 0. The minimum atomic E-state index is -0.107. The molecule has 1 heterocycles. The molecule has 0 fully saturated rings. The summed E-state index contributed by atoms with van der Waals surface area (Å²) in [6.07, 6.45) is 1.08. The molecule has 1 atom stereocenters. The van der Waals surface area contributed by atoms with Crippen molar-refractivity contribution in [3.8, 4) is 5.75 Å². The molecule has 0 radical (unpaired) electrons. The van der Waals surface area contributed by atoms with E-state index in [-0.39, 0.29) is 18.0 Å². The molecular formula is C11H15N5O. The van der Waals surface area contributed by atoms with Crippen molar-refractivity contribution in [1.29, 1.82) is 0 Å². The molecular weight excluding hydrogens is 218 g/mol. The largest absolute Gasteiger partial charge is 0.490 e. The first-order valence-electron chi connectivity index (χ1n) is 5.28. The second kappa shape index (κ2) is 4.32. The van der Waals surface area contributed by atoms with Gasteiger partial charge in [-0.3, -0.25) is 0 Å². The first-order valence-corrected chi connectivity index (χ1v) is 5.28. The maximum atomic E-state index is 5.58. The number of ether oxygens (including phenoxy) is 1. The summed E-state index contributed by atoms with van der Waals surface area (Å²) in [5.41, 5.74) is 17.8. The maximum absolute atomic E-state index is 5.58. The summed E-state index contributed by atoms with van der Waals surface area (Å²) in [5.74, 6) is 0.832. The number of guanidine groups is 2. The van der Waals surface area contributed by atoms with Gasteiger partial charge in [0, 0.05) is 6.42 Å². The van der Waals surface area contributed by atoms with Gasteiger partial charge in [0.15, 0.2) is 5.96 Å². The molecule has 0 saturated heterocycles. The van der Waals surface area contributed by atoms with Crippen LogP contribution in [0.15, 0.2) is 28.2 Å². The van der Waals surface area contributed by atoms with Crippen LogP contribution < -0.4 is 21.9 Å².